The molecular weight excluding hydrogens is 266 g/mol. The molecule has 18 heavy (non-hydrogen) atoms. The van der Waals surface area contributed by atoms with Crippen LogP contribution in [0.4, 0.5) is 0 Å². The Morgan fingerprint density at radius 3 is 3.22 bits per heavy atom. The van der Waals surface area contributed by atoms with Gasteiger partial charge in [-0.3, -0.25) is 4.79 Å². The van der Waals surface area contributed by atoms with E-state index >= 15 is 0 Å². The van der Waals surface area contributed by atoms with Gasteiger partial charge in [0, 0.05) is 18.0 Å². The summed E-state index contributed by atoms with van der Waals surface area (Å²) in [5.41, 5.74) is 0. The zero-order chi connectivity index (χ0) is 12.8. The van der Waals surface area contributed by atoms with Crippen LogP contribution in [-0.4, -0.2) is 31.1 Å². The summed E-state index contributed by atoms with van der Waals surface area (Å²) in [7, 11) is 0. The molecule has 0 saturated carbocycles. The summed E-state index contributed by atoms with van der Waals surface area (Å²) in [6, 6.07) is 3.93. The van der Waals surface area contributed by atoms with E-state index in [1.165, 1.54) is 4.88 Å². The third-order valence-corrected chi connectivity index (χ3v) is 4.78. The summed E-state index contributed by atoms with van der Waals surface area (Å²) in [4.78, 5) is 13.9. The molecular formula is C13H19NO2S2. The Hall–Kier alpha value is -0.520. The van der Waals surface area contributed by atoms with Crippen molar-refractivity contribution in [1.82, 2.24) is 5.32 Å². The monoisotopic (exact) mass is 285 g/mol. The molecule has 0 bridgehead atoms. The second-order valence-corrected chi connectivity index (χ2v) is 6.41. The molecule has 1 aromatic heterocycles. The Kier molecular flexibility index (Phi) is 5.53. The van der Waals surface area contributed by atoms with Crippen molar-refractivity contribution >= 4 is 29.0 Å². The van der Waals surface area contributed by atoms with Gasteiger partial charge in [0.2, 0.25) is 0 Å². The number of ether oxygens (including phenoxy) is 1. The van der Waals surface area contributed by atoms with E-state index in [1.54, 1.807) is 23.1 Å². The molecule has 0 aliphatic carbocycles. The second-order valence-electron chi connectivity index (χ2n) is 4.31. The Balaban J connectivity index is 1.83. The van der Waals surface area contributed by atoms with Gasteiger partial charge in [0.1, 0.15) is 0 Å². The van der Waals surface area contributed by atoms with Crippen molar-refractivity contribution in [2.45, 2.75) is 25.4 Å². The molecule has 1 aliphatic rings. The molecule has 1 fully saturated rings. The molecule has 100 valence electrons. The van der Waals surface area contributed by atoms with E-state index in [2.05, 4.69) is 11.6 Å². The fourth-order valence-electron chi connectivity index (χ4n) is 1.96. The molecule has 2 rings (SSSR count). The van der Waals surface area contributed by atoms with Crippen molar-refractivity contribution < 1.29 is 9.53 Å². The number of thioether (sulfide) groups is 1. The first kappa shape index (κ1) is 13.9. The predicted octanol–water partition coefficient (Wildman–Crippen LogP) is 3.08. The quantitative estimate of drug-likeness (QED) is 0.816. The smallest absolute Gasteiger partial charge is 0.261 e. The van der Waals surface area contributed by atoms with Gasteiger partial charge < -0.3 is 10.1 Å². The Morgan fingerprint density at radius 1 is 1.61 bits per heavy atom. The number of carbonyl (C=O) groups excluding carboxylic acids is 1. The van der Waals surface area contributed by atoms with Crippen LogP contribution in [0.3, 0.4) is 0 Å². The Labute approximate surface area is 116 Å². The maximum atomic E-state index is 11.9. The van der Waals surface area contributed by atoms with Gasteiger partial charge in [0.25, 0.3) is 5.91 Å². The average Bonchev–Trinajstić information content (AvgIpc) is 3.03. The van der Waals surface area contributed by atoms with Crippen molar-refractivity contribution in [3.05, 3.63) is 21.9 Å². The lowest BCUT2D eigenvalue weighted by atomic mass is 10.2. The van der Waals surface area contributed by atoms with E-state index in [-0.39, 0.29) is 12.0 Å². The number of amides is 1. The van der Waals surface area contributed by atoms with Crippen LogP contribution < -0.4 is 5.32 Å². The first-order valence-corrected chi connectivity index (χ1v) is 8.51. The van der Waals surface area contributed by atoms with Crippen molar-refractivity contribution in [2.75, 3.05) is 25.2 Å². The number of hydrogen-bond donors (Lipinski definition) is 1. The zero-order valence-corrected chi connectivity index (χ0v) is 12.2. The predicted molar refractivity (Wildman–Crippen MR) is 77.6 cm³/mol. The molecule has 2 heterocycles. The van der Waals surface area contributed by atoms with E-state index in [9.17, 15) is 4.79 Å². The minimum Gasteiger partial charge on any atom is -0.373 e. The van der Waals surface area contributed by atoms with Crippen molar-refractivity contribution in [3.63, 3.8) is 0 Å². The van der Waals surface area contributed by atoms with Gasteiger partial charge in [-0.2, -0.15) is 11.8 Å². The minimum absolute atomic E-state index is 0.0466. The average molecular weight is 285 g/mol. The van der Waals surface area contributed by atoms with E-state index in [1.807, 2.05) is 12.1 Å². The van der Waals surface area contributed by atoms with Gasteiger partial charge >= 0.3 is 0 Å². The third kappa shape index (κ3) is 3.73. The topological polar surface area (TPSA) is 38.3 Å². The highest BCUT2D eigenvalue weighted by atomic mass is 32.2. The van der Waals surface area contributed by atoms with Crippen LogP contribution in [0, 0.1) is 0 Å². The minimum atomic E-state index is 0.0466. The van der Waals surface area contributed by atoms with E-state index in [4.69, 9.17) is 4.74 Å². The SMILES string of the molecule is CSCCCNC(=O)c1ccc(C2CCCO2)s1. The highest BCUT2D eigenvalue weighted by Gasteiger charge is 2.20. The molecule has 0 spiro atoms. The van der Waals surface area contributed by atoms with Crippen LogP contribution in [0.5, 0.6) is 0 Å². The Morgan fingerprint density at radius 2 is 2.50 bits per heavy atom. The standard InChI is InChI=1S/C13H19NO2S2/c1-17-9-3-7-14-13(15)12-6-5-11(18-12)10-4-2-8-16-10/h5-6,10H,2-4,7-9H2,1H3,(H,14,15). The molecule has 1 saturated heterocycles. The zero-order valence-electron chi connectivity index (χ0n) is 10.6. The highest BCUT2D eigenvalue weighted by molar-refractivity contribution is 7.98. The molecule has 1 aliphatic heterocycles. The maximum absolute atomic E-state index is 11.9. The molecule has 0 aromatic carbocycles. The first-order valence-electron chi connectivity index (χ1n) is 6.29. The fourth-order valence-corrected chi connectivity index (χ4v) is 3.40. The number of thiophene rings is 1. The molecule has 5 heteroatoms. The number of carbonyl (C=O) groups is 1. The molecule has 1 unspecified atom stereocenters. The van der Waals surface area contributed by atoms with E-state index in [0.29, 0.717) is 0 Å². The van der Waals surface area contributed by atoms with Gasteiger partial charge in [-0.05, 0) is 43.4 Å². The van der Waals surface area contributed by atoms with Crippen molar-refractivity contribution in [1.29, 1.82) is 0 Å². The van der Waals surface area contributed by atoms with Crippen LogP contribution in [0.1, 0.15) is 39.9 Å². The number of hydrogen-bond acceptors (Lipinski definition) is 4. The van der Waals surface area contributed by atoms with Crippen LogP contribution in [0.2, 0.25) is 0 Å². The molecule has 1 amide bonds. The van der Waals surface area contributed by atoms with Crippen LogP contribution >= 0.6 is 23.1 Å². The maximum Gasteiger partial charge on any atom is 0.261 e. The van der Waals surface area contributed by atoms with Crippen molar-refractivity contribution in [3.8, 4) is 0 Å². The van der Waals surface area contributed by atoms with Crippen molar-refractivity contribution in [2.24, 2.45) is 0 Å². The van der Waals surface area contributed by atoms with Gasteiger partial charge in [0.05, 0.1) is 11.0 Å². The molecule has 1 aromatic rings. The summed E-state index contributed by atoms with van der Waals surface area (Å²) >= 11 is 3.36. The largest absolute Gasteiger partial charge is 0.373 e. The van der Waals surface area contributed by atoms with E-state index < -0.39 is 0 Å². The molecule has 1 N–H and O–H groups in total. The highest BCUT2D eigenvalue weighted by Crippen LogP contribution is 2.33. The summed E-state index contributed by atoms with van der Waals surface area (Å²) < 4.78 is 5.62. The van der Waals surface area contributed by atoms with Gasteiger partial charge in [-0.25, -0.2) is 0 Å². The molecule has 3 nitrogen and oxygen atoms in total. The van der Waals surface area contributed by atoms with Gasteiger partial charge in [-0.1, -0.05) is 0 Å². The second kappa shape index (κ2) is 7.16. The molecule has 0 radical (unpaired) electrons. The summed E-state index contributed by atoms with van der Waals surface area (Å²) in [6.45, 7) is 1.60. The van der Waals surface area contributed by atoms with Crippen LogP contribution in [0.15, 0.2) is 12.1 Å². The van der Waals surface area contributed by atoms with Gasteiger partial charge in [-0.15, -0.1) is 11.3 Å². The third-order valence-electron chi connectivity index (χ3n) is 2.91. The number of nitrogens with one attached hydrogen (secondary N) is 1. The lowest BCUT2D eigenvalue weighted by molar-refractivity contribution is 0.0958. The lowest BCUT2D eigenvalue weighted by Gasteiger charge is -2.05. The van der Waals surface area contributed by atoms with Gasteiger partial charge in [0.15, 0.2) is 0 Å². The normalized spacial score (nSPS) is 19.1. The van der Waals surface area contributed by atoms with Crippen LogP contribution in [-0.2, 0) is 4.74 Å². The summed E-state index contributed by atoms with van der Waals surface area (Å²) in [5, 5.41) is 2.96. The lowest BCUT2D eigenvalue weighted by Crippen LogP contribution is -2.23. The number of rotatable bonds is 6. The molecule has 1 atom stereocenters. The Bertz CT molecular complexity index is 386. The van der Waals surface area contributed by atoms with Crippen LogP contribution in [0.25, 0.3) is 0 Å². The fraction of sp³-hybridized carbons (Fsp3) is 0.615. The summed E-state index contributed by atoms with van der Waals surface area (Å²) in [6.07, 6.45) is 5.52. The summed E-state index contributed by atoms with van der Waals surface area (Å²) in [5.74, 6) is 1.14. The first-order chi connectivity index (χ1) is 8.81. The van der Waals surface area contributed by atoms with E-state index in [0.717, 1.165) is 43.0 Å².